The summed E-state index contributed by atoms with van der Waals surface area (Å²) in [6, 6.07) is 15.3. The monoisotopic (exact) mass is 911 g/mol. The number of ketones is 1. The van der Waals surface area contributed by atoms with Crippen LogP contribution in [0.2, 0.25) is 0 Å². The Balaban J connectivity index is 0.000000299. The van der Waals surface area contributed by atoms with Gasteiger partial charge >= 0.3 is 0 Å². The van der Waals surface area contributed by atoms with E-state index in [9.17, 15) is 9.90 Å². The molecule has 1 N–H and O–H groups in total. The van der Waals surface area contributed by atoms with Crippen LogP contribution in [-0.2, 0) is 31.3 Å². The number of aliphatic hydroxyl groups is 1. The quantitative estimate of drug-likeness (QED) is 0.0861. The molecule has 1 aliphatic rings. The number of aliphatic hydroxyl groups excluding tert-OH is 1. The molecule has 0 saturated heterocycles. The van der Waals surface area contributed by atoms with E-state index in [1.807, 2.05) is 65.1 Å². The van der Waals surface area contributed by atoms with Crippen molar-refractivity contribution in [1.82, 2.24) is 4.98 Å². The largest absolute Gasteiger partial charge is 0.512 e. The smallest absolute Gasteiger partial charge is 0.164 e. The fraction of sp³-hybridized carbons (Fsp3) is 0.468. The molecule has 1 aliphatic carbocycles. The third-order valence-electron chi connectivity index (χ3n) is 11.9. The summed E-state index contributed by atoms with van der Waals surface area (Å²) in [6.45, 7) is 25.8. The van der Waals surface area contributed by atoms with Crippen molar-refractivity contribution < 1.29 is 34.4 Å². The number of thiophene rings is 1. The normalized spacial score (nSPS) is 15.2. The molecule has 0 amide bonds. The van der Waals surface area contributed by atoms with Crippen LogP contribution in [0.25, 0.3) is 37.6 Å². The van der Waals surface area contributed by atoms with Gasteiger partial charge in [-0.2, -0.15) is 18.1 Å². The van der Waals surface area contributed by atoms with Gasteiger partial charge in [-0.1, -0.05) is 99.9 Å². The number of fused-ring (bicyclic) bond motifs is 6. The van der Waals surface area contributed by atoms with Crippen molar-refractivity contribution in [3.8, 4) is 0 Å². The minimum atomic E-state index is -0.337. The number of allylic oxidation sites excluding steroid dienone is 4. The molecule has 1 unspecified atom stereocenters. The Kier molecular flexibility index (Phi) is 13.4. The minimum Gasteiger partial charge on any atom is -0.512 e. The summed E-state index contributed by atoms with van der Waals surface area (Å²) in [7, 11) is 0. The van der Waals surface area contributed by atoms with Crippen molar-refractivity contribution >= 4 is 54.7 Å². The van der Waals surface area contributed by atoms with Gasteiger partial charge in [0.25, 0.3) is 0 Å². The summed E-state index contributed by atoms with van der Waals surface area (Å²) < 4.78 is 7.84. The third-order valence-corrected chi connectivity index (χ3v) is 13.2. The van der Waals surface area contributed by atoms with E-state index in [0.717, 1.165) is 54.4 Å². The molecule has 0 fully saturated rings. The molecule has 5 aromatic rings. The van der Waals surface area contributed by atoms with Crippen molar-refractivity contribution in [1.29, 1.82) is 0 Å². The van der Waals surface area contributed by atoms with Crippen LogP contribution in [-0.4, -0.2) is 15.9 Å². The fourth-order valence-corrected chi connectivity index (χ4v) is 8.75. The summed E-state index contributed by atoms with van der Waals surface area (Å²) in [5.74, 6) is 1.02. The molecule has 2 aromatic carbocycles. The van der Waals surface area contributed by atoms with Gasteiger partial charge < -0.3 is 9.52 Å². The van der Waals surface area contributed by atoms with Gasteiger partial charge in [-0.3, -0.25) is 9.78 Å². The number of aryl methyl sites for hydroxylation is 1. The van der Waals surface area contributed by atoms with Gasteiger partial charge in [0.1, 0.15) is 11.3 Å². The molecule has 0 saturated carbocycles. The van der Waals surface area contributed by atoms with Crippen LogP contribution in [0, 0.1) is 35.5 Å². The molecule has 53 heavy (non-hydrogen) atoms. The average Bonchev–Trinajstić information content (AvgIpc) is 3.66. The molecule has 1 radical (unpaired) electrons. The predicted molar refractivity (Wildman–Crippen MR) is 223 cm³/mol. The first-order valence-electron chi connectivity index (χ1n) is 19.4. The van der Waals surface area contributed by atoms with E-state index < -0.39 is 0 Å². The number of carbonyl (C=O) groups is 1. The summed E-state index contributed by atoms with van der Waals surface area (Å²) >= 11 is 1.90. The molecule has 3 aromatic heterocycles. The van der Waals surface area contributed by atoms with Crippen molar-refractivity contribution in [3.63, 3.8) is 0 Å². The summed E-state index contributed by atoms with van der Waals surface area (Å²) in [4.78, 5) is 18.6. The molecule has 4 nitrogen and oxygen atoms in total. The topological polar surface area (TPSA) is 63.3 Å². The number of hydrogen-bond donors (Lipinski definition) is 1. The maximum absolute atomic E-state index is 12.2. The average molecular weight is 911 g/mol. The van der Waals surface area contributed by atoms with Crippen LogP contribution in [0.4, 0.5) is 0 Å². The van der Waals surface area contributed by atoms with E-state index in [-0.39, 0.29) is 53.8 Å². The molecule has 287 valence electrons. The van der Waals surface area contributed by atoms with Gasteiger partial charge in [-0.05, 0) is 79.4 Å². The first-order valence-corrected chi connectivity index (χ1v) is 20.2. The van der Waals surface area contributed by atoms with Crippen molar-refractivity contribution in [2.24, 2.45) is 22.2 Å². The molecule has 0 aliphatic heterocycles. The Morgan fingerprint density at radius 3 is 2.17 bits per heavy atom. The molecular weight excluding hydrogens is 851 g/mol. The van der Waals surface area contributed by atoms with Gasteiger partial charge in [0.05, 0.1) is 10.4 Å². The Hall–Kier alpha value is -3.18. The Labute approximate surface area is 335 Å². The minimum absolute atomic E-state index is 0. The SMILES string of the molecule is CCC(C)(CC)C(=O)/C=C(\O)C(C)(CC)CC.Cc1c(CC(C)C)sc2c1ccc1c2oc2ccnc(C3C=C(C(C)(C)C)c4ccccc4[CH-]3)c21.[Ir]. The van der Waals surface area contributed by atoms with Crippen LogP contribution >= 0.6 is 11.3 Å². The van der Waals surface area contributed by atoms with E-state index in [2.05, 4.69) is 90.4 Å². The molecule has 6 heteroatoms. The third kappa shape index (κ3) is 8.41. The fourth-order valence-electron chi connectivity index (χ4n) is 7.24. The number of aromatic nitrogens is 1. The zero-order valence-electron chi connectivity index (χ0n) is 34.0. The van der Waals surface area contributed by atoms with Crippen molar-refractivity contribution in [2.75, 3.05) is 0 Å². The molecular formula is C47H60IrNO3S-. The number of pyridine rings is 1. The maximum Gasteiger partial charge on any atom is 0.164 e. The van der Waals surface area contributed by atoms with Crippen molar-refractivity contribution in [2.45, 2.75) is 121 Å². The van der Waals surface area contributed by atoms with E-state index in [1.54, 1.807) is 0 Å². The van der Waals surface area contributed by atoms with E-state index in [0.29, 0.717) is 5.92 Å². The predicted octanol–water partition coefficient (Wildman–Crippen LogP) is 14.1. The first kappa shape index (κ1) is 42.6. The van der Waals surface area contributed by atoms with Gasteiger partial charge in [-0.25, -0.2) is 0 Å². The van der Waals surface area contributed by atoms with Crippen molar-refractivity contribution in [3.05, 3.63) is 100 Å². The van der Waals surface area contributed by atoms with Crippen LogP contribution in [0.15, 0.2) is 71.0 Å². The first-order chi connectivity index (χ1) is 24.5. The van der Waals surface area contributed by atoms with Gasteiger partial charge in [0.15, 0.2) is 11.4 Å². The Morgan fingerprint density at radius 2 is 1.57 bits per heavy atom. The number of carbonyl (C=O) groups excluding carboxylic acids is 1. The summed E-state index contributed by atoms with van der Waals surface area (Å²) in [5.41, 5.74) is 7.83. The number of hydrogen-bond acceptors (Lipinski definition) is 5. The molecule has 0 bridgehead atoms. The molecule has 6 rings (SSSR count). The standard InChI is InChI=1S/C32H32NOS.C15H28O2.Ir/c1-18(2)15-27-19(3)22-11-12-24-28-26(34-30(24)31(22)35-27)13-14-33-29(28)21-16-20-9-7-8-10-23(20)25(17-21)32(4,5)6;1-7-14(5,8-2)12(16)11-13(17)15(6,9-3)10-4;/h7-14,16-18,21H,15H2,1-6H3;11,16H,7-10H2,1-6H3;/q-1;;/b;12-11-;. The number of rotatable bonds is 10. The second-order valence-corrected chi connectivity index (χ2v) is 17.9. The number of nitrogens with zero attached hydrogens (tertiary/aromatic N) is 1. The maximum atomic E-state index is 12.2. The second kappa shape index (κ2) is 16.7. The van der Waals surface area contributed by atoms with Crippen LogP contribution in [0.1, 0.15) is 135 Å². The van der Waals surface area contributed by atoms with E-state index in [4.69, 9.17) is 9.40 Å². The zero-order valence-corrected chi connectivity index (χ0v) is 37.2. The number of benzene rings is 2. The van der Waals surface area contributed by atoms with Gasteiger partial charge in [0, 0.05) is 58.9 Å². The summed E-state index contributed by atoms with van der Waals surface area (Å²) in [6.07, 6.45) is 12.5. The van der Waals surface area contributed by atoms with Gasteiger partial charge in [0.2, 0.25) is 0 Å². The Morgan fingerprint density at radius 1 is 0.943 bits per heavy atom. The summed E-state index contributed by atoms with van der Waals surface area (Å²) in [5, 5.41) is 13.8. The van der Waals surface area contributed by atoms with E-state index >= 15 is 0 Å². The number of furan rings is 1. The van der Waals surface area contributed by atoms with Gasteiger partial charge in [-0.15, -0.1) is 29.0 Å². The van der Waals surface area contributed by atoms with E-state index in [1.165, 1.54) is 48.7 Å². The molecule has 1 atom stereocenters. The molecule has 3 heterocycles. The zero-order chi connectivity index (χ0) is 38.2. The van der Waals surface area contributed by atoms with Crippen LogP contribution < -0.4 is 0 Å². The second-order valence-electron chi connectivity index (χ2n) is 16.8. The molecule has 0 spiro atoms. The van der Waals surface area contributed by atoms with Crippen LogP contribution in [0.5, 0.6) is 0 Å². The van der Waals surface area contributed by atoms with Crippen LogP contribution in [0.3, 0.4) is 0 Å². The Bertz CT molecular complexity index is 2130.